The van der Waals surface area contributed by atoms with E-state index in [0.717, 1.165) is 82.3 Å². The molecule has 0 aliphatic carbocycles. The number of benzene rings is 8. The van der Waals surface area contributed by atoms with Crippen LogP contribution < -0.4 is 9.64 Å². The van der Waals surface area contributed by atoms with Crippen LogP contribution in [0, 0.1) is 18.8 Å². The van der Waals surface area contributed by atoms with Gasteiger partial charge in [0, 0.05) is 63.7 Å². The first-order valence-electron chi connectivity index (χ1n) is 30.2. The summed E-state index contributed by atoms with van der Waals surface area (Å²) in [6.07, 6.45) is 1.85. The van der Waals surface area contributed by atoms with Crippen molar-refractivity contribution >= 4 is 76.5 Å². The summed E-state index contributed by atoms with van der Waals surface area (Å²) in [5, 5.41) is 7.20. The Morgan fingerprint density at radius 1 is 0.573 bits per heavy atom. The van der Waals surface area contributed by atoms with Gasteiger partial charge < -0.3 is 18.8 Å². The Bertz CT molecular complexity index is 4520. The van der Waals surface area contributed by atoms with E-state index in [9.17, 15) is 1.37 Å². The third kappa shape index (κ3) is 8.64. The van der Waals surface area contributed by atoms with E-state index in [1.54, 1.807) is 0 Å². The molecule has 1 aliphatic heterocycles. The number of anilines is 2. The number of hydrogen-bond donors (Lipinski definition) is 0. The zero-order valence-corrected chi connectivity index (χ0v) is 45.5. The molecule has 0 unspecified atom stereocenters. The molecule has 0 saturated carbocycles. The van der Waals surface area contributed by atoms with E-state index in [1.807, 2.05) is 145 Å². The average Bonchev–Trinajstić information content (AvgIpc) is 1.62. The number of hydrogen-bond acceptors (Lipinski definition) is 3. The van der Waals surface area contributed by atoms with E-state index >= 15 is 0 Å². The second-order valence-electron chi connectivity index (χ2n) is 21.9. The molecule has 378 valence electrons. The fraction of sp³-hybridized carbons (Fsp3) is 0.217. The number of aromatic nitrogens is 3. The van der Waals surface area contributed by atoms with E-state index in [-0.39, 0.29) is 32.0 Å². The van der Waals surface area contributed by atoms with Gasteiger partial charge in [-0.05, 0) is 135 Å². The van der Waals surface area contributed by atoms with Gasteiger partial charge in [-0.1, -0.05) is 196 Å². The number of nitrogens with zero attached hydrogens (tertiary/aromatic N) is 4. The number of para-hydroxylation sites is 3. The molecule has 75 heavy (non-hydrogen) atoms. The minimum Gasteiger partial charge on any atom is -0.509 e. The largest absolute Gasteiger partial charge is 0.509 e. The van der Waals surface area contributed by atoms with Gasteiger partial charge in [-0.15, -0.1) is 35.7 Å². The summed E-state index contributed by atoms with van der Waals surface area (Å²) < 4.78 is 100. The molecule has 0 amide bonds. The Hall–Kier alpha value is -7.33. The summed E-state index contributed by atoms with van der Waals surface area (Å²) in [4.78, 5) is 6.92. The molecule has 5 nitrogen and oxygen atoms in total. The van der Waals surface area contributed by atoms with Crippen molar-refractivity contribution in [1.29, 1.82) is 0 Å². The zero-order chi connectivity index (χ0) is 59.8. The van der Waals surface area contributed by atoms with Gasteiger partial charge in [-0.2, -0.15) is 12.1 Å². The van der Waals surface area contributed by atoms with Crippen LogP contribution in [0.2, 0.25) is 0 Å². The Balaban J connectivity index is 0.00000752. The standard InChI is InChI=1S/C69H63N4O.Pt/c1-43(2)51-25-17-27-57-59-28-18-26-52(44-36-46(68(6,7)8)38-47(37-44)69(9,10)11)65(59)72-42-71(61-31-19-29-58(66(61)72)53-22-12-13-24-56(53)64(51)57)48-20-16-21-49(40-48)74-50-32-33-55-54-23-14-15-30-60(54)73(62(55)41-50)63-39-45(34-35-70-63)67(3,4)5;/h12-39,42-43H,1-11H3;/q-3;/i6D3,7D3,8D3,43D;. The van der Waals surface area contributed by atoms with Crippen molar-refractivity contribution in [2.75, 3.05) is 4.90 Å². The second-order valence-corrected chi connectivity index (χ2v) is 21.9. The summed E-state index contributed by atoms with van der Waals surface area (Å²) in [7, 11) is 0. The van der Waals surface area contributed by atoms with Gasteiger partial charge in [-0.25, -0.2) is 4.98 Å². The molecular formula is C69H63N4OPt-3. The molecular weight excluding hydrogens is 1100 g/mol. The smallest absolute Gasteiger partial charge is 0.135 e. The first-order valence-corrected chi connectivity index (χ1v) is 25.2. The summed E-state index contributed by atoms with van der Waals surface area (Å²) in [5.41, 5.74) is 3.75. The Morgan fingerprint density at radius 3 is 1.95 bits per heavy atom. The monoisotopic (exact) mass is 1170 g/mol. The zero-order valence-electron chi connectivity index (χ0n) is 53.3. The number of rotatable bonds is 6. The van der Waals surface area contributed by atoms with Crippen molar-refractivity contribution in [3.63, 3.8) is 0 Å². The molecule has 0 N–H and O–H groups in total. The van der Waals surface area contributed by atoms with Gasteiger partial charge in [0.15, 0.2) is 0 Å². The topological polar surface area (TPSA) is 35.2 Å². The minimum absolute atomic E-state index is 0. The molecule has 4 heterocycles. The van der Waals surface area contributed by atoms with Gasteiger partial charge in [-0.3, -0.25) is 0 Å². The van der Waals surface area contributed by atoms with Gasteiger partial charge in [0.05, 0.1) is 0 Å². The molecule has 1 aliphatic rings. The summed E-state index contributed by atoms with van der Waals surface area (Å²) >= 11 is 0. The van der Waals surface area contributed by atoms with Gasteiger partial charge in [0.2, 0.25) is 0 Å². The third-order valence-electron chi connectivity index (χ3n) is 14.6. The molecule has 12 rings (SSSR count). The van der Waals surface area contributed by atoms with Crippen LogP contribution >= 0.6 is 0 Å². The average molecular weight is 1170 g/mol. The number of pyridine rings is 1. The molecule has 0 bridgehead atoms. The molecule has 0 fully saturated rings. The van der Waals surface area contributed by atoms with Crippen molar-refractivity contribution in [3.8, 4) is 28.4 Å². The molecule has 6 heteroatoms. The fourth-order valence-electron chi connectivity index (χ4n) is 10.8. The SMILES string of the molecule is [2H]C(C)(C)c1cccc2c3cccc(-c4cc(C(C)(C)C)cc(C(C([2H])([2H])[2H])(C([2H])([2H])[2H])C([2H])([2H])[2H])c4)c3n3c4c(cccc4c4ccccc4c12)N(c1[c-]c(Oc2[c-]c4c(cc2)c2ccccc2n4-c2cc(C(C)(C)C)ccn2)ccc1)[CH-]3.[Pt]. The van der Waals surface area contributed by atoms with E-state index in [2.05, 4.69) is 102 Å². The molecule has 0 atom stereocenters. The van der Waals surface area contributed by atoms with E-state index in [4.69, 9.17) is 22.1 Å². The molecule has 0 radical (unpaired) electrons. The van der Waals surface area contributed by atoms with Crippen LogP contribution in [0.5, 0.6) is 11.5 Å². The maximum absolute atomic E-state index is 9.60. The molecule has 0 saturated heterocycles. The first kappa shape index (κ1) is 39.1. The molecule has 3 aromatic heterocycles. The van der Waals surface area contributed by atoms with E-state index in [0.29, 0.717) is 39.4 Å². The first-order chi connectivity index (χ1) is 39.5. The summed E-state index contributed by atoms with van der Waals surface area (Å²) in [5.74, 6) is 0.622. The molecule has 8 aromatic carbocycles. The van der Waals surface area contributed by atoms with Crippen LogP contribution in [-0.4, -0.2) is 14.1 Å². The molecule has 11 aromatic rings. The fourth-order valence-corrected chi connectivity index (χ4v) is 10.8. The maximum atomic E-state index is 9.60. The van der Waals surface area contributed by atoms with Gasteiger partial charge >= 0.3 is 0 Å². The third-order valence-corrected chi connectivity index (χ3v) is 14.6. The van der Waals surface area contributed by atoms with Crippen LogP contribution in [0.1, 0.15) is 118 Å². The van der Waals surface area contributed by atoms with Crippen molar-refractivity contribution in [2.24, 2.45) is 0 Å². The van der Waals surface area contributed by atoms with Crippen molar-refractivity contribution in [1.82, 2.24) is 14.1 Å². The summed E-state index contributed by atoms with van der Waals surface area (Å²) in [6.45, 7) is 7.60. The van der Waals surface area contributed by atoms with E-state index < -0.39 is 37.3 Å². The maximum Gasteiger partial charge on any atom is 0.135 e. The van der Waals surface area contributed by atoms with Gasteiger partial charge in [0.1, 0.15) is 5.82 Å². The Kier molecular flexibility index (Phi) is 9.65. The number of ether oxygens (including phenoxy) is 1. The van der Waals surface area contributed by atoms with Crippen molar-refractivity contribution in [3.05, 3.63) is 211 Å². The Labute approximate surface area is 470 Å². The summed E-state index contributed by atoms with van der Waals surface area (Å²) in [6, 6.07) is 60.4. The van der Waals surface area contributed by atoms with Crippen LogP contribution in [0.4, 0.5) is 11.4 Å². The normalized spacial score (nSPS) is 15.4. The molecule has 0 spiro atoms. The second kappa shape index (κ2) is 18.5. The van der Waals surface area contributed by atoms with Crippen molar-refractivity contribution < 1.29 is 39.5 Å². The van der Waals surface area contributed by atoms with E-state index in [1.165, 1.54) is 12.1 Å². The van der Waals surface area contributed by atoms with Gasteiger partial charge in [0.25, 0.3) is 0 Å². The predicted molar refractivity (Wildman–Crippen MR) is 312 cm³/mol. The predicted octanol–water partition coefficient (Wildman–Crippen LogP) is 18.9. The van der Waals surface area contributed by atoms with Crippen molar-refractivity contribution in [2.45, 2.75) is 98.1 Å². The van der Waals surface area contributed by atoms with Crippen LogP contribution in [0.25, 0.3) is 82.1 Å². The Morgan fingerprint density at radius 2 is 1.20 bits per heavy atom. The minimum atomic E-state index is -3.50. The number of fused-ring (bicyclic) bond motifs is 10. The van der Waals surface area contributed by atoms with Crippen LogP contribution in [-0.2, 0) is 37.3 Å². The quantitative estimate of drug-likeness (QED) is 0.156. The van der Waals surface area contributed by atoms with Crippen LogP contribution in [0.3, 0.4) is 0 Å². The van der Waals surface area contributed by atoms with Crippen LogP contribution in [0.15, 0.2) is 170 Å².